The van der Waals surface area contributed by atoms with Crippen LogP contribution < -0.4 is 5.32 Å². The number of hydrogen-bond acceptors (Lipinski definition) is 3. The fourth-order valence-corrected chi connectivity index (χ4v) is 5.04. The number of halogens is 1. The zero-order chi connectivity index (χ0) is 18.4. The molecule has 1 aromatic carbocycles. The summed E-state index contributed by atoms with van der Waals surface area (Å²) in [5.74, 6) is -0.266. The Morgan fingerprint density at radius 1 is 1.16 bits per heavy atom. The number of nitrogens with zero attached hydrogens (tertiary/aromatic N) is 1. The maximum Gasteiger partial charge on any atom is 0.251 e. The molecule has 0 saturated carbocycles. The summed E-state index contributed by atoms with van der Waals surface area (Å²) in [6.45, 7) is 5.02. The minimum absolute atomic E-state index is 0.0215. The van der Waals surface area contributed by atoms with Gasteiger partial charge >= 0.3 is 0 Å². The van der Waals surface area contributed by atoms with Gasteiger partial charge in [-0.05, 0) is 43.9 Å². The SMILES string of the molecule is CCC(CC)NC(=O)c1ccc(Cl)c(S(=O)(=O)N2CCCCCC2)c1. The van der Waals surface area contributed by atoms with Crippen molar-refractivity contribution in [3.05, 3.63) is 28.8 Å². The van der Waals surface area contributed by atoms with Gasteiger partial charge in [0.25, 0.3) is 5.91 Å². The van der Waals surface area contributed by atoms with Gasteiger partial charge in [-0.1, -0.05) is 38.3 Å². The Morgan fingerprint density at radius 2 is 1.76 bits per heavy atom. The average Bonchev–Trinajstić information content (AvgIpc) is 2.89. The molecule has 140 valence electrons. The van der Waals surface area contributed by atoms with E-state index >= 15 is 0 Å². The van der Waals surface area contributed by atoms with Crippen molar-refractivity contribution in [2.24, 2.45) is 0 Å². The molecule has 5 nitrogen and oxygen atoms in total. The molecule has 25 heavy (non-hydrogen) atoms. The Labute approximate surface area is 155 Å². The Hall–Kier alpha value is -1.11. The van der Waals surface area contributed by atoms with Gasteiger partial charge in [0.15, 0.2) is 0 Å². The van der Waals surface area contributed by atoms with E-state index in [9.17, 15) is 13.2 Å². The number of carbonyl (C=O) groups excluding carboxylic acids is 1. The van der Waals surface area contributed by atoms with Gasteiger partial charge in [0.05, 0.1) is 5.02 Å². The number of hydrogen-bond donors (Lipinski definition) is 1. The summed E-state index contributed by atoms with van der Waals surface area (Å²) in [6, 6.07) is 4.55. The third-order valence-corrected chi connectivity index (χ3v) is 7.08. The highest BCUT2D eigenvalue weighted by Gasteiger charge is 2.28. The summed E-state index contributed by atoms with van der Waals surface area (Å²) >= 11 is 6.17. The Balaban J connectivity index is 2.30. The second-order valence-electron chi connectivity index (χ2n) is 6.45. The molecule has 1 aliphatic rings. The Morgan fingerprint density at radius 3 is 2.32 bits per heavy atom. The molecular weight excluding hydrogens is 360 g/mol. The van der Waals surface area contributed by atoms with Gasteiger partial charge in [-0.3, -0.25) is 4.79 Å². The van der Waals surface area contributed by atoms with E-state index < -0.39 is 10.0 Å². The van der Waals surface area contributed by atoms with Gasteiger partial charge in [0.1, 0.15) is 4.90 Å². The standard InChI is InChI=1S/C18H27ClN2O3S/c1-3-15(4-2)20-18(22)14-9-10-16(19)17(13-14)25(23,24)21-11-7-5-6-8-12-21/h9-10,13,15H,3-8,11-12H2,1-2H3,(H,20,22). The third kappa shape index (κ3) is 4.96. The molecule has 0 atom stereocenters. The molecule has 7 heteroatoms. The van der Waals surface area contributed by atoms with E-state index in [0.29, 0.717) is 18.7 Å². The molecule has 1 N–H and O–H groups in total. The summed E-state index contributed by atoms with van der Waals surface area (Å²) in [6.07, 6.45) is 5.44. The predicted molar refractivity (Wildman–Crippen MR) is 101 cm³/mol. The lowest BCUT2D eigenvalue weighted by atomic mass is 10.1. The number of amides is 1. The van der Waals surface area contributed by atoms with Crippen molar-refractivity contribution >= 4 is 27.5 Å². The molecule has 1 saturated heterocycles. The van der Waals surface area contributed by atoms with Crippen LogP contribution in [0, 0.1) is 0 Å². The average molecular weight is 387 g/mol. The highest BCUT2D eigenvalue weighted by Crippen LogP contribution is 2.27. The molecule has 1 fully saturated rings. The van der Waals surface area contributed by atoms with Crippen LogP contribution in [0.15, 0.2) is 23.1 Å². The summed E-state index contributed by atoms with van der Waals surface area (Å²) in [7, 11) is -3.69. The van der Waals surface area contributed by atoms with Gasteiger partial charge in [-0.2, -0.15) is 4.31 Å². The van der Waals surface area contributed by atoms with Crippen LogP contribution in [0.4, 0.5) is 0 Å². The van der Waals surface area contributed by atoms with Crippen molar-refractivity contribution in [1.82, 2.24) is 9.62 Å². The molecule has 0 unspecified atom stereocenters. The largest absolute Gasteiger partial charge is 0.349 e. The third-order valence-electron chi connectivity index (χ3n) is 4.70. The van der Waals surface area contributed by atoms with Gasteiger partial charge in [0.2, 0.25) is 10.0 Å². The van der Waals surface area contributed by atoms with Crippen LogP contribution in [0.25, 0.3) is 0 Å². The fourth-order valence-electron chi connectivity index (χ4n) is 3.02. The molecule has 1 aliphatic heterocycles. The molecule has 0 spiro atoms. The number of benzene rings is 1. The number of nitrogens with one attached hydrogen (secondary N) is 1. The van der Waals surface area contributed by atoms with E-state index in [1.807, 2.05) is 13.8 Å². The van der Waals surface area contributed by atoms with Crippen LogP contribution in [0.5, 0.6) is 0 Å². The van der Waals surface area contributed by atoms with E-state index in [-0.39, 0.29) is 21.9 Å². The Kier molecular flexibility index (Phi) is 7.28. The fraction of sp³-hybridized carbons (Fsp3) is 0.611. The predicted octanol–water partition coefficient (Wildman–Crippen LogP) is 3.82. The maximum atomic E-state index is 13.0. The van der Waals surface area contributed by atoms with Gasteiger partial charge in [-0.25, -0.2) is 8.42 Å². The number of carbonyl (C=O) groups is 1. The lowest BCUT2D eigenvalue weighted by Gasteiger charge is -2.21. The maximum absolute atomic E-state index is 13.0. The first-order chi connectivity index (χ1) is 11.9. The normalized spacial score (nSPS) is 16.6. The van der Waals surface area contributed by atoms with Crippen molar-refractivity contribution in [3.63, 3.8) is 0 Å². The molecule has 0 bridgehead atoms. The number of sulfonamides is 1. The molecule has 1 aromatic rings. The highest BCUT2D eigenvalue weighted by molar-refractivity contribution is 7.89. The zero-order valence-corrected chi connectivity index (χ0v) is 16.5. The monoisotopic (exact) mass is 386 g/mol. The summed E-state index contributed by atoms with van der Waals surface area (Å²) in [4.78, 5) is 12.5. The Bertz CT molecular complexity index is 694. The first kappa shape index (κ1) is 20.2. The summed E-state index contributed by atoms with van der Waals surface area (Å²) < 4.78 is 27.4. The molecule has 1 heterocycles. The quantitative estimate of drug-likeness (QED) is 0.808. The second-order valence-corrected chi connectivity index (χ2v) is 8.76. The first-order valence-electron chi connectivity index (χ1n) is 9.00. The molecular formula is C18H27ClN2O3S. The van der Waals surface area contributed by atoms with Crippen molar-refractivity contribution < 1.29 is 13.2 Å². The molecule has 0 radical (unpaired) electrons. The molecule has 0 aliphatic carbocycles. The van der Waals surface area contributed by atoms with Crippen LogP contribution in [-0.4, -0.2) is 37.8 Å². The number of rotatable bonds is 6. The van der Waals surface area contributed by atoms with Crippen molar-refractivity contribution in [3.8, 4) is 0 Å². The van der Waals surface area contributed by atoms with Crippen LogP contribution in [0.1, 0.15) is 62.7 Å². The molecule has 0 aromatic heterocycles. The van der Waals surface area contributed by atoms with Gasteiger partial charge < -0.3 is 5.32 Å². The van der Waals surface area contributed by atoms with E-state index in [4.69, 9.17) is 11.6 Å². The highest BCUT2D eigenvalue weighted by atomic mass is 35.5. The van der Waals surface area contributed by atoms with Crippen LogP contribution in [-0.2, 0) is 10.0 Å². The lowest BCUT2D eigenvalue weighted by molar-refractivity contribution is 0.0934. The van der Waals surface area contributed by atoms with E-state index in [2.05, 4.69) is 5.32 Å². The smallest absolute Gasteiger partial charge is 0.251 e. The van der Waals surface area contributed by atoms with E-state index in [1.54, 1.807) is 6.07 Å². The van der Waals surface area contributed by atoms with Gasteiger partial charge in [-0.15, -0.1) is 0 Å². The second kappa shape index (κ2) is 9.01. The first-order valence-corrected chi connectivity index (χ1v) is 10.8. The minimum atomic E-state index is -3.69. The van der Waals surface area contributed by atoms with Crippen LogP contribution >= 0.6 is 11.6 Å². The van der Waals surface area contributed by atoms with E-state index in [1.165, 1.54) is 16.4 Å². The summed E-state index contributed by atoms with van der Waals surface area (Å²) in [5.41, 5.74) is 0.324. The van der Waals surface area contributed by atoms with Gasteiger partial charge in [0, 0.05) is 24.7 Å². The summed E-state index contributed by atoms with van der Waals surface area (Å²) in [5, 5.41) is 3.09. The molecule has 1 amide bonds. The zero-order valence-electron chi connectivity index (χ0n) is 14.9. The van der Waals surface area contributed by atoms with E-state index in [0.717, 1.165) is 38.5 Å². The van der Waals surface area contributed by atoms with Crippen molar-refractivity contribution in [2.75, 3.05) is 13.1 Å². The van der Waals surface area contributed by atoms with Crippen LogP contribution in [0.2, 0.25) is 5.02 Å². The molecule has 2 rings (SSSR count). The van der Waals surface area contributed by atoms with Crippen molar-refractivity contribution in [2.45, 2.75) is 63.3 Å². The lowest BCUT2D eigenvalue weighted by Crippen LogP contribution is -2.34. The van der Waals surface area contributed by atoms with Crippen molar-refractivity contribution in [1.29, 1.82) is 0 Å². The minimum Gasteiger partial charge on any atom is -0.349 e. The van der Waals surface area contributed by atoms with Crippen LogP contribution in [0.3, 0.4) is 0 Å². The topological polar surface area (TPSA) is 66.5 Å².